The van der Waals surface area contributed by atoms with Crippen LogP contribution in [0, 0.1) is 0 Å². The summed E-state index contributed by atoms with van der Waals surface area (Å²) in [4.78, 5) is 8.24. The highest BCUT2D eigenvalue weighted by molar-refractivity contribution is 7.86. The molecule has 0 aliphatic heterocycles. The molecule has 1 heterocycles. The maximum Gasteiger partial charge on any atom is 0.522 e. The Morgan fingerprint density at radius 3 is 1.61 bits per heavy atom. The second-order valence-corrected chi connectivity index (χ2v) is 4.38. The average molecular weight is 280 g/mol. The van der Waals surface area contributed by atoms with Crippen LogP contribution in [0.25, 0.3) is 11.0 Å². The number of fused-ring (bicyclic) bond motifs is 1. The highest BCUT2D eigenvalue weighted by Crippen LogP contribution is 2.20. The molecule has 2 rings (SSSR count). The van der Waals surface area contributed by atoms with E-state index in [-0.39, 0.29) is 0 Å². The minimum Gasteiger partial charge on any atom is -0.279 e. The second-order valence-electron chi connectivity index (χ2n) is 2.97. The summed E-state index contributed by atoms with van der Waals surface area (Å²) < 4.78 is 57.5. The second kappa shape index (κ2) is 5.27. The average Bonchev–Trinajstić information content (AvgIpc) is 2.27. The van der Waals surface area contributed by atoms with E-state index in [2.05, 4.69) is 9.97 Å². The van der Waals surface area contributed by atoms with Crippen LogP contribution >= 0.6 is 0 Å². The summed E-state index contributed by atoms with van der Waals surface area (Å²) in [5, 5.41) is 0. The van der Waals surface area contributed by atoms with E-state index in [0.29, 0.717) is 0 Å². The van der Waals surface area contributed by atoms with Crippen LogP contribution in [0.2, 0.25) is 0 Å². The lowest BCUT2D eigenvalue weighted by atomic mass is 10.3. The summed E-state index contributed by atoms with van der Waals surface area (Å²) in [6, 6.07) is 7.80. The molecule has 0 saturated carbocycles. The lowest BCUT2D eigenvalue weighted by Crippen LogP contribution is -2.21. The Bertz CT molecular complexity index is 563. The Labute approximate surface area is 100 Å². The van der Waals surface area contributed by atoms with Gasteiger partial charge in [-0.1, -0.05) is 12.1 Å². The van der Waals surface area contributed by atoms with Crippen molar-refractivity contribution in [3.63, 3.8) is 0 Å². The van der Waals surface area contributed by atoms with Gasteiger partial charge < -0.3 is 0 Å². The largest absolute Gasteiger partial charge is 0.522 e. The Hall–Kier alpha value is -1.74. The van der Waals surface area contributed by atoms with E-state index >= 15 is 0 Å². The molecule has 0 fully saturated rings. The van der Waals surface area contributed by atoms with E-state index in [9.17, 15) is 13.2 Å². The third-order valence-corrected chi connectivity index (χ3v) is 2.25. The highest BCUT2D eigenvalue weighted by Gasteiger charge is 2.44. The van der Waals surface area contributed by atoms with E-state index in [1.807, 2.05) is 24.3 Å². The minimum absolute atomic E-state index is 0.949. The first kappa shape index (κ1) is 14.3. The van der Waals surface area contributed by atoms with Crippen molar-refractivity contribution in [3.8, 4) is 0 Å². The fraction of sp³-hybridized carbons (Fsp3) is 0.111. The summed E-state index contributed by atoms with van der Waals surface area (Å²) in [7, 11) is -5.84. The molecule has 0 saturated heterocycles. The van der Waals surface area contributed by atoms with Crippen LogP contribution in [-0.2, 0) is 10.1 Å². The third-order valence-electron chi connectivity index (χ3n) is 1.67. The number of hydrogen-bond donors (Lipinski definition) is 1. The van der Waals surface area contributed by atoms with Gasteiger partial charge in [-0.3, -0.25) is 14.5 Å². The monoisotopic (exact) mass is 280 g/mol. The Balaban J connectivity index is 0.000000187. The molecule has 9 heteroatoms. The number of rotatable bonds is 0. The Kier molecular flexibility index (Phi) is 4.19. The van der Waals surface area contributed by atoms with E-state index in [1.54, 1.807) is 12.4 Å². The fourth-order valence-corrected chi connectivity index (χ4v) is 0.910. The normalized spacial score (nSPS) is 11.8. The van der Waals surface area contributed by atoms with Crippen molar-refractivity contribution < 1.29 is 26.1 Å². The van der Waals surface area contributed by atoms with Gasteiger partial charge in [0.05, 0.1) is 11.0 Å². The maximum absolute atomic E-state index is 10.7. The number of para-hydroxylation sites is 2. The van der Waals surface area contributed by atoms with E-state index in [1.165, 1.54) is 0 Å². The molecule has 0 bridgehead atoms. The SMILES string of the molecule is O=S(=O)(O)C(F)(F)F.c1ccc2nccnc2c1. The number of halogens is 3. The van der Waals surface area contributed by atoms with E-state index < -0.39 is 15.6 Å². The van der Waals surface area contributed by atoms with Gasteiger partial charge in [0, 0.05) is 12.4 Å². The van der Waals surface area contributed by atoms with Gasteiger partial charge in [-0.05, 0) is 12.1 Å². The van der Waals surface area contributed by atoms with Gasteiger partial charge in [0.2, 0.25) is 0 Å². The van der Waals surface area contributed by atoms with Crippen LogP contribution in [0.1, 0.15) is 0 Å². The quantitative estimate of drug-likeness (QED) is 0.590. The van der Waals surface area contributed by atoms with Crippen molar-refractivity contribution in [1.82, 2.24) is 9.97 Å². The van der Waals surface area contributed by atoms with Gasteiger partial charge in [-0.15, -0.1) is 0 Å². The third kappa shape index (κ3) is 3.93. The molecule has 0 amide bonds. The predicted molar refractivity (Wildman–Crippen MR) is 57.1 cm³/mol. The molecule has 98 valence electrons. The first-order chi connectivity index (χ1) is 8.22. The molecular formula is C9H7F3N2O3S. The smallest absolute Gasteiger partial charge is 0.279 e. The zero-order valence-corrected chi connectivity index (χ0v) is 9.48. The van der Waals surface area contributed by atoms with Crippen molar-refractivity contribution in [1.29, 1.82) is 0 Å². The number of alkyl halides is 3. The Morgan fingerprint density at radius 2 is 1.33 bits per heavy atom. The van der Waals surface area contributed by atoms with Gasteiger partial charge in [0.25, 0.3) is 0 Å². The van der Waals surface area contributed by atoms with Crippen LogP contribution in [0.4, 0.5) is 13.2 Å². The summed E-state index contributed by atoms with van der Waals surface area (Å²) in [5.74, 6) is 0. The van der Waals surface area contributed by atoms with Crippen molar-refractivity contribution >= 4 is 21.2 Å². The maximum atomic E-state index is 10.7. The lowest BCUT2D eigenvalue weighted by Gasteiger charge is -1.97. The molecule has 1 aromatic carbocycles. The fourth-order valence-electron chi connectivity index (χ4n) is 0.910. The number of hydrogen-bond acceptors (Lipinski definition) is 4. The van der Waals surface area contributed by atoms with Crippen LogP contribution in [-0.4, -0.2) is 28.4 Å². The van der Waals surface area contributed by atoms with Gasteiger partial charge in [0.1, 0.15) is 0 Å². The minimum atomic E-state index is -5.84. The van der Waals surface area contributed by atoms with Crippen molar-refractivity contribution in [2.75, 3.05) is 0 Å². The molecule has 0 unspecified atom stereocenters. The lowest BCUT2D eigenvalue weighted by molar-refractivity contribution is -0.0510. The van der Waals surface area contributed by atoms with E-state index in [4.69, 9.17) is 13.0 Å². The molecule has 2 aromatic rings. The molecule has 0 radical (unpaired) electrons. The predicted octanol–water partition coefficient (Wildman–Crippen LogP) is 2.02. The van der Waals surface area contributed by atoms with Crippen molar-refractivity contribution in [2.24, 2.45) is 0 Å². The van der Waals surface area contributed by atoms with Crippen LogP contribution in [0.5, 0.6) is 0 Å². The molecule has 1 aromatic heterocycles. The molecule has 0 aliphatic carbocycles. The van der Waals surface area contributed by atoms with Crippen molar-refractivity contribution in [2.45, 2.75) is 5.51 Å². The van der Waals surface area contributed by atoms with Crippen LogP contribution in [0.3, 0.4) is 0 Å². The topological polar surface area (TPSA) is 80.2 Å². The molecule has 0 spiro atoms. The number of nitrogens with zero attached hydrogens (tertiary/aromatic N) is 2. The first-order valence-electron chi connectivity index (χ1n) is 4.41. The summed E-state index contributed by atoms with van der Waals surface area (Å²) >= 11 is 0. The van der Waals surface area contributed by atoms with Gasteiger partial charge in [-0.25, -0.2) is 0 Å². The van der Waals surface area contributed by atoms with E-state index in [0.717, 1.165) is 11.0 Å². The number of aromatic nitrogens is 2. The standard InChI is InChI=1S/C8H6N2.CHF3O3S/c1-2-4-8-7(3-1)9-5-6-10-8;2-1(3,4)8(5,6)7/h1-6H;(H,5,6,7). The molecule has 0 atom stereocenters. The highest BCUT2D eigenvalue weighted by atomic mass is 32.2. The summed E-state index contributed by atoms with van der Waals surface area (Å²) in [6.07, 6.45) is 3.39. The number of benzene rings is 1. The first-order valence-corrected chi connectivity index (χ1v) is 5.85. The zero-order valence-electron chi connectivity index (χ0n) is 8.66. The van der Waals surface area contributed by atoms with Gasteiger partial charge in [-0.2, -0.15) is 21.6 Å². The van der Waals surface area contributed by atoms with Crippen LogP contribution < -0.4 is 0 Å². The van der Waals surface area contributed by atoms with Gasteiger partial charge >= 0.3 is 15.6 Å². The summed E-state index contributed by atoms with van der Waals surface area (Å²) in [5.41, 5.74) is -3.64. The Morgan fingerprint density at radius 1 is 1.00 bits per heavy atom. The van der Waals surface area contributed by atoms with Crippen molar-refractivity contribution in [3.05, 3.63) is 36.7 Å². The molecule has 1 N–H and O–H groups in total. The molecule has 5 nitrogen and oxygen atoms in total. The molecular weight excluding hydrogens is 273 g/mol. The summed E-state index contributed by atoms with van der Waals surface area (Å²) in [6.45, 7) is 0. The molecule has 18 heavy (non-hydrogen) atoms. The van der Waals surface area contributed by atoms with Gasteiger partial charge in [0.15, 0.2) is 0 Å². The molecule has 0 aliphatic rings. The van der Waals surface area contributed by atoms with Crippen LogP contribution in [0.15, 0.2) is 36.7 Å². The zero-order chi connectivity index (χ0) is 13.8.